The SMILES string of the molecule is CC/C=C\C/C=C\C/C=C\C/C=C\C/C=C\C/C=C\CCCCC(=O)OC(/C=C\CCCCCCCCCCCC)C(COP(=O)(O)OCC[N+](C)(C)C)NC(=O)CCCCC/C=C\CCCCCCCCC. The van der Waals surface area contributed by atoms with E-state index in [1.807, 2.05) is 33.3 Å². The van der Waals surface area contributed by atoms with Crippen molar-refractivity contribution >= 4 is 19.7 Å². The highest BCUT2D eigenvalue weighted by Gasteiger charge is 2.30. The summed E-state index contributed by atoms with van der Waals surface area (Å²) in [5.41, 5.74) is 0. The van der Waals surface area contributed by atoms with E-state index in [1.165, 1.54) is 96.3 Å². The molecule has 2 N–H and O–H groups in total. The number of phosphoric ester groups is 1. The molecule has 0 radical (unpaired) electrons. The maximum absolute atomic E-state index is 13.5. The van der Waals surface area contributed by atoms with Gasteiger partial charge in [-0.2, -0.15) is 0 Å². The van der Waals surface area contributed by atoms with Gasteiger partial charge in [0, 0.05) is 12.8 Å². The van der Waals surface area contributed by atoms with Crippen LogP contribution < -0.4 is 5.32 Å². The first-order chi connectivity index (χ1) is 35.4. The van der Waals surface area contributed by atoms with E-state index in [-0.39, 0.29) is 31.5 Å². The molecule has 0 fully saturated rings. The Morgan fingerprint density at radius 3 is 1.34 bits per heavy atom. The molecular weight excluding hydrogens is 928 g/mol. The Morgan fingerprint density at radius 1 is 0.493 bits per heavy atom. The Kier molecular flexibility index (Phi) is 50.2. The number of quaternary nitrogens is 1. The molecule has 3 atom stereocenters. The topological polar surface area (TPSA) is 111 Å². The fourth-order valence-corrected chi connectivity index (χ4v) is 8.67. The van der Waals surface area contributed by atoms with Crippen molar-refractivity contribution in [3.63, 3.8) is 0 Å². The predicted molar refractivity (Wildman–Crippen MR) is 314 cm³/mol. The van der Waals surface area contributed by atoms with Crippen molar-refractivity contribution in [2.75, 3.05) is 40.9 Å². The second-order valence-corrected chi connectivity index (χ2v) is 22.2. The molecule has 1 amide bonds. The molecule has 73 heavy (non-hydrogen) atoms. The number of rotatable bonds is 52. The minimum atomic E-state index is -4.46. The van der Waals surface area contributed by atoms with Crippen LogP contribution in [-0.4, -0.2) is 74.3 Å². The maximum atomic E-state index is 13.5. The highest BCUT2D eigenvalue weighted by atomic mass is 31.2. The van der Waals surface area contributed by atoms with E-state index < -0.39 is 20.0 Å². The van der Waals surface area contributed by atoms with Gasteiger partial charge in [0.05, 0.1) is 33.8 Å². The summed E-state index contributed by atoms with van der Waals surface area (Å²) in [6.07, 6.45) is 69.8. The monoisotopic (exact) mass is 1040 g/mol. The summed E-state index contributed by atoms with van der Waals surface area (Å²) in [5, 5.41) is 3.03. The number of phosphoric acid groups is 1. The van der Waals surface area contributed by atoms with Crippen LogP contribution in [0.4, 0.5) is 0 Å². The Morgan fingerprint density at radius 2 is 0.877 bits per heavy atom. The molecular formula is C63H112N2O7P+. The van der Waals surface area contributed by atoms with Gasteiger partial charge in [-0.25, -0.2) is 4.57 Å². The minimum absolute atomic E-state index is 0.0262. The molecule has 0 bridgehead atoms. The smallest absolute Gasteiger partial charge is 0.456 e. The van der Waals surface area contributed by atoms with Crippen molar-refractivity contribution in [3.05, 3.63) is 97.2 Å². The lowest BCUT2D eigenvalue weighted by Crippen LogP contribution is -2.47. The van der Waals surface area contributed by atoms with Gasteiger partial charge in [-0.15, -0.1) is 0 Å². The van der Waals surface area contributed by atoms with Gasteiger partial charge in [-0.3, -0.25) is 18.6 Å². The van der Waals surface area contributed by atoms with Gasteiger partial charge in [0.2, 0.25) is 5.91 Å². The zero-order chi connectivity index (χ0) is 53.6. The predicted octanol–water partition coefficient (Wildman–Crippen LogP) is 18.0. The van der Waals surface area contributed by atoms with Crippen LogP contribution in [0.25, 0.3) is 0 Å². The quantitative estimate of drug-likeness (QED) is 0.0205. The van der Waals surface area contributed by atoms with Crippen LogP contribution >= 0.6 is 7.82 Å². The molecule has 0 saturated carbocycles. The summed E-state index contributed by atoms with van der Waals surface area (Å²) in [7, 11) is 1.45. The lowest BCUT2D eigenvalue weighted by Gasteiger charge is -2.27. The molecule has 0 aliphatic heterocycles. The van der Waals surface area contributed by atoms with Crippen molar-refractivity contribution in [3.8, 4) is 0 Å². The van der Waals surface area contributed by atoms with E-state index in [4.69, 9.17) is 13.8 Å². The number of hydrogen-bond acceptors (Lipinski definition) is 6. The number of unbranched alkanes of at least 4 members (excludes halogenated alkanes) is 22. The summed E-state index contributed by atoms with van der Waals surface area (Å²) < 4.78 is 30.6. The molecule has 0 rings (SSSR count). The van der Waals surface area contributed by atoms with E-state index in [9.17, 15) is 19.0 Å². The molecule has 0 saturated heterocycles. The van der Waals surface area contributed by atoms with Gasteiger partial charge in [-0.05, 0) is 109 Å². The third kappa shape index (κ3) is 53.6. The number of allylic oxidation sites excluding steroid dienone is 15. The highest BCUT2D eigenvalue weighted by Crippen LogP contribution is 2.43. The summed E-state index contributed by atoms with van der Waals surface area (Å²) in [5.74, 6) is -0.579. The number of esters is 1. The molecule has 10 heteroatoms. The van der Waals surface area contributed by atoms with Crippen LogP contribution in [0, 0.1) is 0 Å². The third-order valence-electron chi connectivity index (χ3n) is 12.5. The third-order valence-corrected chi connectivity index (χ3v) is 13.5. The number of amides is 1. The van der Waals surface area contributed by atoms with Crippen LogP contribution in [0.2, 0.25) is 0 Å². The van der Waals surface area contributed by atoms with E-state index in [0.29, 0.717) is 30.3 Å². The summed E-state index contributed by atoms with van der Waals surface area (Å²) in [6.45, 7) is 6.84. The Bertz CT molecular complexity index is 1570. The van der Waals surface area contributed by atoms with Crippen molar-refractivity contribution in [1.82, 2.24) is 5.32 Å². The zero-order valence-electron chi connectivity index (χ0n) is 47.8. The van der Waals surface area contributed by atoms with Gasteiger partial charge in [0.1, 0.15) is 19.3 Å². The van der Waals surface area contributed by atoms with Gasteiger partial charge in [0.25, 0.3) is 0 Å². The van der Waals surface area contributed by atoms with Gasteiger partial charge in [-0.1, -0.05) is 215 Å². The normalized spacial score (nSPS) is 14.5. The van der Waals surface area contributed by atoms with Gasteiger partial charge < -0.3 is 19.4 Å². The van der Waals surface area contributed by atoms with Crippen LogP contribution in [0.15, 0.2) is 97.2 Å². The number of likely N-dealkylation sites (N-methyl/N-ethyl adjacent to an activating group) is 1. The first-order valence-corrected chi connectivity index (χ1v) is 31.1. The Labute approximate surface area is 449 Å². The lowest BCUT2D eigenvalue weighted by atomic mass is 10.1. The van der Waals surface area contributed by atoms with Crippen LogP contribution in [0.1, 0.15) is 239 Å². The summed E-state index contributed by atoms with van der Waals surface area (Å²) in [4.78, 5) is 37.6. The van der Waals surface area contributed by atoms with Gasteiger partial charge >= 0.3 is 13.8 Å². The summed E-state index contributed by atoms with van der Waals surface area (Å²) >= 11 is 0. The van der Waals surface area contributed by atoms with E-state index in [2.05, 4.69) is 111 Å². The first-order valence-electron chi connectivity index (χ1n) is 29.6. The minimum Gasteiger partial charge on any atom is -0.456 e. The zero-order valence-corrected chi connectivity index (χ0v) is 48.7. The van der Waals surface area contributed by atoms with Crippen molar-refractivity contribution in [1.29, 1.82) is 0 Å². The summed E-state index contributed by atoms with van der Waals surface area (Å²) in [6, 6.07) is -0.878. The lowest BCUT2D eigenvalue weighted by molar-refractivity contribution is -0.870. The largest absolute Gasteiger partial charge is 0.472 e. The standard InChI is InChI=1S/C63H111N2O7P/c1-7-10-13-16-19-22-25-28-30-31-32-33-34-35-36-38-41-44-47-50-53-56-63(67)72-61(54-51-48-45-42-39-27-24-21-18-15-12-9-3)60(59-71-73(68,69)70-58-57-65(4,5)6)64-62(66)55-52-49-46-43-40-37-29-26-23-20-17-14-11-8-2/h10,13,19,22,28,30,32-33,35-37,40-41,44,51,54,60-61H,7-9,11-12,14-18,20-21,23-27,29,31,34,38-39,42-43,45-50,52-53,55-59H2,1-6H3,(H-,64,66,68,69)/p+1/b13-10-,22-19-,30-28-,33-32-,36-35-,40-37-,44-41-,54-51-. The Hall–Kier alpha value is -3.07. The number of carbonyl (C=O) groups excluding carboxylic acids is 2. The highest BCUT2D eigenvalue weighted by molar-refractivity contribution is 7.47. The maximum Gasteiger partial charge on any atom is 0.472 e. The molecule has 420 valence electrons. The average Bonchev–Trinajstić information content (AvgIpc) is 3.35. The molecule has 0 aromatic heterocycles. The molecule has 0 aliphatic rings. The van der Waals surface area contributed by atoms with Crippen LogP contribution in [0.5, 0.6) is 0 Å². The van der Waals surface area contributed by atoms with Crippen molar-refractivity contribution in [2.45, 2.75) is 251 Å². The fraction of sp³-hybridized carbons (Fsp3) is 0.714. The Balaban J connectivity index is 5.41. The molecule has 9 nitrogen and oxygen atoms in total. The van der Waals surface area contributed by atoms with E-state index in [1.54, 1.807) is 0 Å². The van der Waals surface area contributed by atoms with E-state index in [0.717, 1.165) is 96.3 Å². The van der Waals surface area contributed by atoms with Crippen LogP contribution in [0.3, 0.4) is 0 Å². The average molecular weight is 1040 g/mol. The number of nitrogens with zero attached hydrogens (tertiary/aromatic N) is 1. The first kappa shape index (κ1) is 69.9. The van der Waals surface area contributed by atoms with E-state index >= 15 is 0 Å². The van der Waals surface area contributed by atoms with Crippen molar-refractivity contribution < 1.29 is 37.3 Å². The molecule has 0 aliphatic carbocycles. The second kappa shape index (κ2) is 52.4. The van der Waals surface area contributed by atoms with Crippen molar-refractivity contribution in [2.24, 2.45) is 0 Å². The molecule has 0 spiro atoms. The molecule has 3 unspecified atom stereocenters. The van der Waals surface area contributed by atoms with Gasteiger partial charge in [0.15, 0.2) is 0 Å². The molecule has 0 heterocycles. The fourth-order valence-electron chi connectivity index (χ4n) is 7.94. The number of nitrogens with one attached hydrogen (secondary N) is 1. The number of ether oxygens (including phenoxy) is 1. The number of hydrogen-bond donors (Lipinski definition) is 2. The number of carbonyl (C=O) groups is 2. The second-order valence-electron chi connectivity index (χ2n) is 20.8. The van der Waals surface area contributed by atoms with Crippen LogP contribution in [-0.2, 0) is 27.9 Å². The molecule has 0 aromatic carbocycles. The molecule has 0 aromatic rings.